The SMILES string of the molecule is C=C1NC(=O)C(C(C)(C)C)C(=O)N1. The van der Waals surface area contributed by atoms with E-state index in [4.69, 9.17) is 0 Å². The first-order valence-corrected chi connectivity index (χ1v) is 4.13. The molecule has 72 valence electrons. The van der Waals surface area contributed by atoms with Gasteiger partial charge in [0.15, 0.2) is 0 Å². The molecule has 0 saturated carbocycles. The van der Waals surface area contributed by atoms with Crippen molar-refractivity contribution in [3.63, 3.8) is 0 Å². The summed E-state index contributed by atoms with van der Waals surface area (Å²) in [6, 6.07) is 0. The Labute approximate surface area is 77.4 Å². The first-order valence-electron chi connectivity index (χ1n) is 4.13. The van der Waals surface area contributed by atoms with Gasteiger partial charge in [-0.25, -0.2) is 0 Å². The maximum Gasteiger partial charge on any atom is 0.238 e. The van der Waals surface area contributed by atoms with Crippen molar-refractivity contribution in [2.75, 3.05) is 0 Å². The van der Waals surface area contributed by atoms with Crippen molar-refractivity contribution in [3.05, 3.63) is 12.4 Å². The van der Waals surface area contributed by atoms with Crippen molar-refractivity contribution in [3.8, 4) is 0 Å². The van der Waals surface area contributed by atoms with Crippen molar-refractivity contribution in [2.45, 2.75) is 20.8 Å². The van der Waals surface area contributed by atoms with Gasteiger partial charge in [-0.1, -0.05) is 27.4 Å². The second-order valence-electron chi connectivity index (χ2n) is 4.26. The third-order valence-electron chi connectivity index (χ3n) is 1.94. The molecule has 0 radical (unpaired) electrons. The molecular weight excluding hydrogens is 168 g/mol. The third-order valence-corrected chi connectivity index (χ3v) is 1.94. The van der Waals surface area contributed by atoms with E-state index in [1.54, 1.807) is 0 Å². The molecule has 1 rings (SSSR count). The standard InChI is InChI=1S/C9H14N2O2/c1-5-10-7(12)6(8(13)11-5)9(2,3)4/h6H,1H2,2-4H3,(H,10,12)(H,11,13). The molecule has 0 atom stereocenters. The Bertz CT molecular complexity index is 256. The number of carbonyl (C=O) groups excluding carboxylic acids is 2. The van der Waals surface area contributed by atoms with Crippen LogP contribution < -0.4 is 10.6 Å². The smallest absolute Gasteiger partial charge is 0.238 e. The van der Waals surface area contributed by atoms with Crippen LogP contribution in [0.3, 0.4) is 0 Å². The molecule has 1 fully saturated rings. The number of rotatable bonds is 0. The summed E-state index contributed by atoms with van der Waals surface area (Å²) in [4.78, 5) is 22.9. The highest BCUT2D eigenvalue weighted by Crippen LogP contribution is 2.27. The minimum absolute atomic E-state index is 0.260. The fraction of sp³-hybridized carbons (Fsp3) is 0.556. The van der Waals surface area contributed by atoms with Crippen molar-refractivity contribution < 1.29 is 9.59 Å². The molecule has 0 aromatic rings. The van der Waals surface area contributed by atoms with Crippen LogP contribution in [0.2, 0.25) is 0 Å². The summed E-state index contributed by atoms with van der Waals surface area (Å²) in [7, 11) is 0. The van der Waals surface area contributed by atoms with Crippen LogP contribution in [-0.2, 0) is 9.59 Å². The average Bonchev–Trinajstić information content (AvgIpc) is 1.78. The lowest BCUT2D eigenvalue weighted by molar-refractivity contribution is -0.141. The molecule has 1 aliphatic rings. The predicted octanol–water partition coefficient (Wildman–Crippen LogP) is 0.366. The second-order valence-corrected chi connectivity index (χ2v) is 4.26. The highest BCUT2D eigenvalue weighted by molar-refractivity contribution is 6.04. The second kappa shape index (κ2) is 2.87. The molecule has 0 aromatic heterocycles. The molecule has 13 heavy (non-hydrogen) atoms. The van der Waals surface area contributed by atoms with Crippen molar-refractivity contribution in [1.29, 1.82) is 0 Å². The zero-order valence-electron chi connectivity index (χ0n) is 8.10. The number of nitrogens with one attached hydrogen (secondary N) is 2. The van der Waals surface area contributed by atoms with Gasteiger partial charge in [-0.2, -0.15) is 0 Å². The normalized spacial score (nSPS) is 19.8. The van der Waals surface area contributed by atoms with Gasteiger partial charge in [0.2, 0.25) is 11.8 Å². The van der Waals surface area contributed by atoms with Crippen LogP contribution in [0.5, 0.6) is 0 Å². The summed E-state index contributed by atoms with van der Waals surface area (Å²) in [6.07, 6.45) is 0. The van der Waals surface area contributed by atoms with E-state index in [1.165, 1.54) is 0 Å². The molecule has 2 amide bonds. The fourth-order valence-corrected chi connectivity index (χ4v) is 1.38. The van der Waals surface area contributed by atoms with Gasteiger partial charge in [0.1, 0.15) is 11.7 Å². The maximum atomic E-state index is 11.4. The van der Waals surface area contributed by atoms with E-state index in [9.17, 15) is 9.59 Å². The maximum absolute atomic E-state index is 11.4. The van der Waals surface area contributed by atoms with Crippen LogP contribution >= 0.6 is 0 Å². The Morgan fingerprint density at radius 2 is 1.54 bits per heavy atom. The zero-order valence-corrected chi connectivity index (χ0v) is 8.10. The van der Waals surface area contributed by atoms with E-state index < -0.39 is 5.92 Å². The summed E-state index contributed by atoms with van der Waals surface area (Å²) in [5.74, 6) is -0.934. The Balaban J connectivity index is 2.92. The summed E-state index contributed by atoms with van der Waals surface area (Å²) < 4.78 is 0. The summed E-state index contributed by atoms with van der Waals surface area (Å²) in [5.41, 5.74) is -0.366. The van der Waals surface area contributed by atoms with E-state index in [2.05, 4.69) is 17.2 Å². The Morgan fingerprint density at radius 1 is 1.15 bits per heavy atom. The van der Waals surface area contributed by atoms with Gasteiger partial charge in [0.05, 0.1) is 0 Å². The van der Waals surface area contributed by atoms with Crippen LogP contribution in [0.4, 0.5) is 0 Å². The van der Waals surface area contributed by atoms with Crippen LogP contribution in [0.1, 0.15) is 20.8 Å². The Morgan fingerprint density at radius 3 is 1.85 bits per heavy atom. The zero-order chi connectivity index (χ0) is 10.2. The molecule has 1 saturated heterocycles. The molecule has 2 N–H and O–H groups in total. The van der Waals surface area contributed by atoms with E-state index in [0.717, 1.165) is 0 Å². The molecule has 0 aromatic carbocycles. The highest BCUT2D eigenvalue weighted by atomic mass is 16.2. The molecule has 0 bridgehead atoms. The van der Waals surface area contributed by atoms with Gasteiger partial charge >= 0.3 is 0 Å². The summed E-state index contributed by atoms with van der Waals surface area (Å²) in [6.45, 7) is 9.02. The monoisotopic (exact) mass is 182 g/mol. The van der Waals surface area contributed by atoms with Gasteiger partial charge in [0, 0.05) is 0 Å². The summed E-state index contributed by atoms with van der Waals surface area (Å²) in [5, 5.41) is 5.00. The molecule has 0 aliphatic carbocycles. The Kier molecular flexibility index (Phi) is 2.15. The number of amides is 2. The van der Waals surface area contributed by atoms with Gasteiger partial charge in [-0.05, 0) is 5.41 Å². The lowest BCUT2D eigenvalue weighted by Crippen LogP contribution is -2.54. The number of hydrogen-bond donors (Lipinski definition) is 2. The highest BCUT2D eigenvalue weighted by Gasteiger charge is 2.40. The van der Waals surface area contributed by atoms with Gasteiger partial charge in [-0.15, -0.1) is 0 Å². The molecule has 4 heteroatoms. The molecule has 4 nitrogen and oxygen atoms in total. The van der Waals surface area contributed by atoms with Crippen LogP contribution in [0.25, 0.3) is 0 Å². The molecular formula is C9H14N2O2. The van der Waals surface area contributed by atoms with Crippen molar-refractivity contribution >= 4 is 11.8 Å². The first kappa shape index (κ1) is 9.77. The minimum atomic E-state index is -0.641. The lowest BCUT2D eigenvalue weighted by atomic mass is 9.79. The molecule has 0 unspecified atom stereocenters. The molecule has 1 aliphatic heterocycles. The van der Waals surface area contributed by atoms with E-state index >= 15 is 0 Å². The van der Waals surface area contributed by atoms with Crippen molar-refractivity contribution in [1.82, 2.24) is 10.6 Å². The molecule has 0 spiro atoms. The van der Waals surface area contributed by atoms with E-state index in [0.29, 0.717) is 0 Å². The lowest BCUT2D eigenvalue weighted by Gasteiger charge is -2.32. The van der Waals surface area contributed by atoms with Crippen molar-refractivity contribution in [2.24, 2.45) is 11.3 Å². The predicted molar refractivity (Wildman–Crippen MR) is 48.4 cm³/mol. The topological polar surface area (TPSA) is 58.2 Å². The fourth-order valence-electron chi connectivity index (χ4n) is 1.38. The van der Waals surface area contributed by atoms with Crippen LogP contribution in [-0.4, -0.2) is 11.8 Å². The Hall–Kier alpha value is -1.32. The van der Waals surface area contributed by atoms with Crippen LogP contribution in [0.15, 0.2) is 12.4 Å². The quantitative estimate of drug-likeness (QED) is 0.532. The van der Waals surface area contributed by atoms with E-state index in [1.807, 2.05) is 20.8 Å². The first-order chi connectivity index (χ1) is 5.82. The summed E-state index contributed by atoms with van der Waals surface area (Å²) >= 11 is 0. The minimum Gasteiger partial charge on any atom is -0.312 e. The average molecular weight is 182 g/mol. The van der Waals surface area contributed by atoms with Gasteiger partial charge in [-0.3, -0.25) is 9.59 Å². The number of hydrogen-bond acceptors (Lipinski definition) is 2. The van der Waals surface area contributed by atoms with Crippen LogP contribution in [0, 0.1) is 11.3 Å². The largest absolute Gasteiger partial charge is 0.312 e. The van der Waals surface area contributed by atoms with E-state index in [-0.39, 0.29) is 23.1 Å². The van der Waals surface area contributed by atoms with Gasteiger partial charge < -0.3 is 10.6 Å². The number of carbonyl (C=O) groups is 2. The molecule has 1 heterocycles. The van der Waals surface area contributed by atoms with Gasteiger partial charge in [0.25, 0.3) is 0 Å². The third kappa shape index (κ3) is 1.88.